The van der Waals surface area contributed by atoms with Gasteiger partial charge in [0.25, 0.3) is 0 Å². The highest BCUT2D eigenvalue weighted by atomic mass is 16.4. The largest absolute Gasteiger partial charge is 0.478 e. The zero-order valence-corrected chi connectivity index (χ0v) is 9.94. The molecule has 1 aromatic carbocycles. The summed E-state index contributed by atoms with van der Waals surface area (Å²) in [6.07, 6.45) is 3.69. The second kappa shape index (κ2) is 4.65. The summed E-state index contributed by atoms with van der Waals surface area (Å²) in [5, 5.41) is 12.4. The molecular weight excluding hydrogens is 216 g/mol. The summed E-state index contributed by atoms with van der Waals surface area (Å²) >= 11 is 0. The third kappa shape index (κ3) is 2.35. The molecule has 4 nitrogen and oxygen atoms in total. The molecule has 0 heterocycles. The van der Waals surface area contributed by atoms with E-state index < -0.39 is 5.97 Å². The first-order chi connectivity index (χ1) is 8.09. The van der Waals surface area contributed by atoms with Gasteiger partial charge >= 0.3 is 5.97 Å². The number of nitrogens with one attached hydrogen (secondary N) is 1. The number of nitrogen functional groups attached to an aromatic ring is 1. The molecular formula is C13H18N2O2. The van der Waals surface area contributed by atoms with E-state index in [0.717, 1.165) is 0 Å². The number of anilines is 2. The molecule has 1 saturated carbocycles. The molecule has 0 radical (unpaired) electrons. The van der Waals surface area contributed by atoms with Gasteiger partial charge in [-0.2, -0.15) is 0 Å². The normalized spacial score (nSPS) is 17.2. The Bertz CT molecular complexity index is 427. The summed E-state index contributed by atoms with van der Waals surface area (Å²) in [7, 11) is 0. The Kier molecular flexibility index (Phi) is 3.22. The fourth-order valence-electron chi connectivity index (χ4n) is 2.19. The van der Waals surface area contributed by atoms with Gasteiger partial charge in [-0.3, -0.25) is 0 Å². The van der Waals surface area contributed by atoms with Crippen LogP contribution in [0.3, 0.4) is 0 Å². The summed E-state index contributed by atoms with van der Waals surface area (Å²) in [6.45, 7) is 2.09. The van der Waals surface area contributed by atoms with E-state index in [0.29, 0.717) is 17.3 Å². The highest BCUT2D eigenvalue weighted by Gasteiger charge is 2.25. The van der Waals surface area contributed by atoms with Gasteiger partial charge in [-0.25, -0.2) is 4.79 Å². The first kappa shape index (κ1) is 11.8. The molecule has 1 atom stereocenters. The van der Waals surface area contributed by atoms with Gasteiger partial charge in [0.15, 0.2) is 0 Å². The molecule has 1 fully saturated rings. The van der Waals surface area contributed by atoms with Gasteiger partial charge in [-0.1, -0.05) is 12.5 Å². The van der Waals surface area contributed by atoms with E-state index in [2.05, 4.69) is 12.2 Å². The Morgan fingerprint density at radius 1 is 1.53 bits per heavy atom. The van der Waals surface area contributed by atoms with Crippen molar-refractivity contribution in [3.05, 3.63) is 23.8 Å². The van der Waals surface area contributed by atoms with Crippen molar-refractivity contribution in [2.24, 2.45) is 5.92 Å². The Labute approximate surface area is 101 Å². The lowest BCUT2D eigenvalue weighted by molar-refractivity contribution is 0.0698. The van der Waals surface area contributed by atoms with Crippen LogP contribution in [0.15, 0.2) is 18.2 Å². The van der Waals surface area contributed by atoms with Gasteiger partial charge in [-0.05, 0) is 37.8 Å². The van der Waals surface area contributed by atoms with Crippen molar-refractivity contribution in [1.29, 1.82) is 0 Å². The number of carboxylic acids is 1. The van der Waals surface area contributed by atoms with E-state index in [1.165, 1.54) is 19.3 Å². The van der Waals surface area contributed by atoms with Crippen molar-refractivity contribution < 1.29 is 9.90 Å². The molecule has 0 aliphatic heterocycles. The third-order valence-corrected chi connectivity index (χ3v) is 3.56. The summed E-state index contributed by atoms with van der Waals surface area (Å²) < 4.78 is 0. The first-order valence-corrected chi connectivity index (χ1v) is 5.98. The average molecular weight is 234 g/mol. The van der Waals surface area contributed by atoms with Crippen LogP contribution in [0.4, 0.5) is 11.4 Å². The third-order valence-electron chi connectivity index (χ3n) is 3.56. The Morgan fingerprint density at radius 3 is 2.76 bits per heavy atom. The SMILES string of the molecule is CC(Nc1c(N)cccc1C(=O)O)C1CCC1. The van der Waals surface area contributed by atoms with Crippen LogP contribution in [-0.2, 0) is 0 Å². The molecule has 0 amide bonds. The summed E-state index contributed by atoms with van der Waals surface area (Å²) in [4.78, 5) is 11.1. The molecule has 1 aromatic rings. The zero-order chi connectivity index (χ0) is 12.4. The van der Waals surface area contributed by atoms with E-state index in [-0.39, 0.29) is 11.6 Å². The lowest BCUT2D eigenvalue weighted by atomic mass is 9.80. The minimum absolute atomic E-state index is 0.246. The molecule has 17 heavy (non-hydrogen) atoms. The monoisotopic (exact) mass is 234 g/mol. The van der Waals surface area contributed by atoms with Gasteiger partial charge in [-0.15, -0.1) is 0 Å². The van der Waals surface area contributed by atoms with E-state index in [4.69, 9.17) is 10.8 Å². The molecule has 4 heteroatoms. The lowest BCUT2D eigenvalue weighted by Gasteiger charge is -2.33. The first-order valence-electron chi connectivity index (χ1n) is 5.98. The number of carbonyl (C=O) groups is 1. The number of para-hydroxylation sites is 1. The highest BCUT2D eigenvalue weighted by Crippen LogP contribution is 2.33. The number of hydrogen-bond donors (Lipinski definition) is 3. The number of aromatic carboxylic acids is 1. The van der Waals surface area contributed by atoms with E-state index in [1.807, 2.05) is 0 Å². The van der Waals surface area contributed by atoms with Crippen molar-refractivity contribution in [2.75, 3.05) is 11.1 Å². The summed E-state index contributed by atoms with van der Waals surface area (Å²) in [6, 6.07) is 5.24. The van der Waals surface area contributed by atoms with Crippen LogP contribution in [-0.4, -0.2) is 17.1 Å². The van der Waals surface area contributed by atoms with Gasteiger partial charge in [0, 0.05) is 6.04 Å². The molecule has 0 bridgehead atoms. The van der Waals surface area contributed by atoms with E-state index >= 15 is 0 Å². The maximum atomic E-state index is 11.1. The smallest absolute Gasteiger partial charge is 0.337 e. The molecule has 0 saturated heterocycles. The molecule has 2 rings (SSSR count). The Morgan fingerprint density at radius 2 is 2.24 bits per heavy atom. The second-order valence-corrected chi connectivity index (χ2v) is 4.70. The average Bonchev–Trinajstić information content (AvgIpc) is 2.17. The quantitative estimate of drug-likeness (QED) is 0.700. The van der Waals surface area contributed by atoms with Crippen molar-refractivity contribution in [2.45, 2.75) is 32.2 Å². The summed E-state index contributed by atoms with van der Waals surface area (Å²) in [5.41, 5.74) is 7.14. The molecule has 1 unspecified atom stereocenters. The van der Waals surface area contributed by atoms with Crippen LogP contribution in [0.1, 0.15) is 36.5 Å². The number of hydrogen-bond acceptors (Lipinski definition) is 3. The predicted molar refractivity (Wildman–Crippen MR) is 68.2 cm³/mol. The number of carboxylic acid groups (broad SMARTS) is 1. The van der Waals surface area contributed by atoms with Crippen LogP contribution in [0.2, 0.25) is 0 Å². The van der Waals surface area contributed by atoms with E-state index in [9.17, 15) is 4.79 Å². The number of benzene rings is 1. The highest BCUT2D eigenvalue weighted by molar-refractivity contribution is 5.97. The maximum Gasteiger partial charge on any atom is 0.337 e. The van der Waals surface area contributed by atoms with Crippen LogP contribution in [0.25, 0.3) is 0 Å². The van der Waals surface area contributed by atoms with E-state index in [1.54, 1.807) is 18.2 Å². The van der Waals surface area contributed by atoms with Crippen molar-refractivity contribution in [1.82, 2.24) is 0 Å². The van der Waals surface area contributed by atoms with Gasteiger partial charge in [0.2, 0.25) is 0 Å². The fourth-order valence-corrected chi connectivity index (χ4v) is 2.19. The number of nitrogens with two attached hydrogens (primary N) is 1. The summed E-state index contributed by atoms with van der Waals surface area (Å²) in [5.74, 6) is -0.308. The van der Waals surface area contributed by atoms with Crippen LogP contribution >= 0.6 is 0 Å². The minimum Gasteiger partial charge on any atom is -0.478 e. The second-order valence-electron chi connectivity index (χ2n) is 4.70. The molecule has 1 aliphatic carbocycles. The fraction of sp³-hybridized carbons (Fsp3) is 0.462. The predicted octanol–water partition coefficient (Wildman–Crippen LogP) is 2.57. The molecule has 4 N–H and O–H groups in total. The van der Waals surface area contributed by atoms with Gasteiger partial charge < -0.3 is 16.2 Å². The molecule has 92 valence electrons. The standard InChI is InChI=1S/C13H18N2O2/c1-8(9-4-2-5-9)15-12-10(13(16)17)6-3-7-11(12)14/h3,6-9,15H,2,4-5,14H2,1H3,(H,16,17). The number of rotatable bonds is 4. The minimum atomic E-state index is -0.944. The van der Waals surface area contributed by atoms with Crippen molar-refractivity contribution >= 4 is 17.3 Å². The van der Waals surface area contributed by atoms with Crippen molar-refractivity contribution in [3.63, 3.8) is 0 Å². The lowest BCUT2D eigenvalue weighted by Crippen LogP contribution is -2.31. The topological polar surface area (TPSA) is 75.3 Å². The molecule has 0 aromatic heterocycles. The maximum absolute atomic E-state index is 11.1. The Balaban J connectivity index is 2.21. The van der Waals surface area contributed by atoms with Gasteiger partial charge in [0.1, 0.15) is 0 Å². The van der Waals surface area contributed by atoms with Gasteiger partial charge in [0.05, 0.1) is 16.9 Å². The van der Waals surface area contributed by atoms with Crippen LogP contribution in [0.5, 0.6) is 0 Å². The molecule has 0 spiro atoms. The zero-order valence-electron chi connectivity index (χ0n) is 9.94. The van der Waals surface area contributed by atoms with Crippen LogP contribution < -0.4 is 11.1 Å². The Hall–Kier alpha value is -1.71. The van der Waals surface area contributed by atoms with Crippen molar-refractivity contribution in [3.8, 4) is 0 Å². The molecule has 1 aliphatic rings. The van der Waals surface area contributed by atoms with Crippen LogP contribution in [0, 0.1) is 5.92 Å².